The van der Waals surface area contributed by atoms with Crippen LogP contribution in [0.1, 0.15) is 19.3 Å². The Morgan fingerprint density at radius 3 is 2.55 bits per heavy atom. The molecule has 0 amide bonds. The molecule has 1 saturated carbocycles. The predicted octanol–water partition coefficient (Wildman–Crippen LogP) is 3.25. The highest BCUT2D eigenvalue weighted by molar-refractivity contribution is 5.95. The lowest BCUT2D eigenvalue weighted by Gasteiger charge is -2.14. The number of carbonyl (C=O) groups is 1. The van der Waals surface area contributed by atoms with Crippen LogP contribution < -0.4 is 4.74 Å². The monoisotopic (exact) mass is 271 g/mol. The SMILES string of the molecule is O=C1CCC(Oc2ccc([N+](=O)[O-])c3ccccc23)C1. The molecule has 102 valence electrons. The zero-order chi connectivity index (χ0) is 14.1. The first kappa shape index (κ1) is 12.6. The minimum absolute atomic E-state index is 0.0652. The molecule has 0 radical (unpaired) electrons. The zero-order valence-corrected chi connectivity index (χ0v) is 10.7. The molecule has 5 heteroatoms. The number of rotatable bonds is 3. The lowest BCUT2D eigenvalue weighted by Crippen LogP contribution is -2.12. The van der Waals surface area contributed by atoms with Crippen molar-refractivity contribution in [2.45, 2.75) is 25.4 Å². The lowest BCUT2D eigenvalue weighted by atomic mass is 10.1. The number of hydrogen-bond donors (Lipinski definition) is 0. The van der Waals surface area contributed by atoms with Gasteiger partial charge in [0, 0.05) is 24.3 Å². The fourth-order valence-electron chi connectivity index (χ4n) is 2.58. The van der Waals surface area contributed by atoms with Crippen molar-refractivity contribution >= 4 is 22.2 Å². The number of nitrogens with zero attached hydrogens (tertiary/aromatic N) is 1. The van der Waals surface area contributed by atoms with Crippen LogP contribution in [0.3, 0.4) is 0 Å². The average Bonchev–Trinajstić information content (AvgIpc) is 2.84. The van der Waals surface area contributed by atoms with Gasteiger partial charge in [-0.15, -0.1) is 0 Å². The summed E-state index contributed by atoms with van der Waals surface area (Å²) < 4.78 is 5.85. The van der Waals surface area contributed by atoms with Crippen molar-refractivity contribution < 1.29 is 14.5 Å². The third-order valence-electron chi connectivity index (χ3n) is 3.55. The summed E-state index contributed by atoms with van der Waals surface area (Å²) >= 11 is 0. The van der Waals surface area contributed by atoms with Gasteiger partial charge in [0.15, 0.2) is 0 Å². The molecule has 5 nitrogen and oxygen atoms in total. The number of non-ortho nitro benzene ring substituents is 1. The maximum atomic E-state index is 11.3. The molecule has 1 aliphatic carbocycles. The first-order chi connectivity index (χ1) is 9.65. The molecule has 0 aromatic heterocycles. The third kappa shape index (κ3) is 2.22. The van der Waals surface area contributed by atoms with Crippen LogP contribution in [0.5, 0.6) is 5.75 Å². The van der Waals surface area contributed by atoms with Crippen LogP contribution >= 0.6 is 0 Å². The van der Waals surface area contributed by atoms with Crippen LogP contribution in [-0.4, -0.2) is 16.8 Å². The van der Waals surface area contributed by atoms with Gasteiger partial charge in [-0.2, -0.15) is 0 Å². The van der Waals surface area contributed by atoms with Crippen LogP contribution in [0, 0.1) is 10.1 Å². The number of nitro benzene ring substituents is 1. The molecule has 1 aliphatic rings. The highest BCUT2D eigenvalue weighted by Crippen LogP contribution is 2.34. The standard InChI is InChI=1S/C15H13NO4/c17-10-5-6-11(9-10)20-15-8-7-14(16(18)19)12-3-1-2-4-13(12)15/h1-4,7-8,11H,5-6,9H2. The molecule has 0 bridgehead atoms. The Hall–Kier alpha value is -2.43. The molecule has 2 aromatic rings. The Labute approximate surface area is 115 Å². The summed E-state index contributed by atoms with van der Waals surface area (Å²) in [5.74, 6) is 0.812. The van der Waals surface area contributed by atoms with Crippen molar-refractivity contribution in [1.29, 1.82) is 0 Å². The van der Waals surface area contributed by atoms with Crippen LogP contribution in [-0.2, 0) is 4.79 Å². The number of Topliss-reactive ketones (excluding diaryl/α,β-unsaturated/α-hetero) is 1. The van der Waals surface area contributed by atoms with Crippen molar-refractivity contribution in [1.82, 2.24) is 0 Å². The van der Waals surface area contributed by atoms with E-state index in [1.165, 1.54) is 6.07 Å². The number of hydrogen-bond acceptors (Lipinski definition) is 4. The van der Waals surface area contributed by atoms with Gasteiger partial charge in [0.05, 0.1) is 10.3 Å². The van der Waals surface area contributed by atoms with Crippen LogP contribution in [0.2, 0.25) is 0 Å². The van der Waals surface area contributed by atoms with Gasteiger partial charge in [0.25, 0.3) is 5.69 Å². The van der Waals surface area contributed by atoms with Crippen molar-refractivity contribution in [2.75, 3.05) is 0 Å². The second kappa shape index (κ2) is 4.92. The third-order valence-corrected chi connectivity index (χ3v) is 3.55. The van der Waals surface area contributed by atoms with Gasteiger partial charge < -0.3 is 4.74 Å². The largest absolute Gasteiger partial charge is 0.489 e. The summed E-state index contributed by atoms with van der Waals surface area (Å²) in [5.41, 5.74) is 0.0652. The summed E-state index contributed by atoms with van der Waals surface area (Å²) in [6, 6.07) is 10.2. The lowest BCUT2D eigenvalue weighted by molar-refractivity contribution is -0.383. The topological polar surface area (TPSA) is 69.4 Å². The Bertz CT molecular complexity index is 695. The van der Waals surface area contributed by atoms with E-state index in [0.29, 0.717) is 35.8 Å². The van der Waals surface area contributed by atoms with Gasteiger partial charge in [-0.05, 0) is 18.6 Å². The maximum absolute atomic E-state index is 11.3. The van der Waals surface area contributed by atoms with Gasteiger partial charge >= 0.3 is 0 Å². The molecule has 1 fully saturated rings. The van der Waals surface area contributed by atoms with E-state index in [9.17, 15) is 14.9 Å². The molecule has 20 heavy (non-hydrogen) atoms. The number of fused-ring (bicyclic) bond motifs is 1. The molecule has 0 spiro atoms. The number of nitro groups is 1. The first-order valence-electron chi connectivity index (χ1n) is 6.49. The second-order valence-electron chi connectivity index (χ2n) is 4.91. The zero-order valence-electron chi connectivity index (χ0n) is 10.7. The Morgan fingerprint density at radius 1 is 1.15 bits per heavy atom. The van der Waals surface area contributed by atoms with E-state index < -0.39 is 4.92 Å². The summed E-state index contributed by atoms with van der Waals surface area (Å²) in [5, 5.41) is 12.3. The number of carbonyl (C=O) groups excluding carboxylic acids is 1. The molecule has 1 atom stereocenters. The maximum Gasteiger partial charge on any atom is 0.277 e. The quantitative estimate of drug-likeness (QED) is 0.634. The number of benzene rings is 2. The molecule has 0 saturated heterocycles. The average molecular weight is 271 g/mol. The minimum Gasteiger partial charge on any atom is -0.489 e. The molecular formula is C15H13NO4. The Kier molecular flexibility index (Phi) is 3.10. The second-order valence-corrected chi connectivity index (χ2v) is 4.91. The Morgan fingerprint density at radius 2 is 1.90 bits per heavy atom. The van der Waals surface area contributed by atoms with Crippen molar-refractivity contribution in [3.8, 4) is 5.75 Å². The molecular weight excluding hydrogens is 258 g/mol. The first-order valence-corrected chi connectivity index (χ1v) is 6.49. The van der Waals surface area contributed by atoms with Gasteiger partial charge in [0.1, 0.15) is 17.6 Å². The fourth-order valence-corrected chi connectivity index (χ4v) is 2.58. The van der Waals surface area contributed by atoms with Crippen molar-refractivity contribution in [3.05, 3.63) is 46.5 Å². The normalized spacial score (nSPS) is 18.4. The van der Waals surface area contributed by atoms with Gasteiger partial charge in [-0.3, -0.25) is 14.9 Å². The molecule has 2 aromatic carbocycles. The van der Waals surface area contributed by atoms with Gasteiger partial charge in [-0.25, -0.2) is 0 Å². The smallest absolute Gasteiger partial charge is 0.277 e. The number of ketones is 1. The highest BCUT2D eigenvalue weighted by atomic mass is 16.6. The van der Waals surface area contributed by atoms with Crippen molar-refractivity contribution in [2.24, 2.45) is 0 Å². The van der Waals surface area contributed by atoms with E-state index in [1.807, 2.05) is 6.07 Å². The predicted molar refractivity (Wildman–Crippen MR) is 73.9 cm³/mol. The van der Waals surface area contributed by atoms with Crippen LogP contribution in [0.4, 0.5) is 5.69 Å². The van der Waals surface area contributed by atoms with Gasteiger partial charge in [0.2, 0.25) is 0 Å². The molecule has 3 rings (SSSR count). The van der Waals surface area contributed by atoms with Crippen LogP contribution in [0.25, 0.3) is 10.8 Å². The van der Waals surface area contributed by atoms with E-state index in [4.69, 9.17) is 4.74 Å². The summed E-state index contributed by atoms with van der Waals surface area (Å²) in [4.78, 5) is 21.9. The van der Waals surface area contributed by atoms with E-state index in [-0.39, 0.29) is 17.6 Å². The highest BCUT2D eigenvalue weighted by Gasteiger charge is 2.25. The van der Waals surface area contributed by atoms with E-state index in [2.05, 4.69) is 0 Å². The summed E-state index contributed by atoms with van der Waals surface area (Å²) in [7, 11) is 0. The van der Waals surface area contributed by atoms with Crippen molar-refractivity contribution in [3.63, 3.8) is 0 Å². The summed E-state index contributed by atoms with van der Waals surface area (Å²) in [6.07, 6.45) is 1.57. The molecule has 1 unspecified atom stereocenters. The fraction of sp³-hybridized carbons (Fsp3) is 0.267. The van der Waals surface area contributed by atoms with Gasteiger partial charge in [-0.1, -0.05) is 18.2 Å². The van der Waals surface area contributed by atoms with E-state index in [0.717, 1.165) is 0 Å². The molecule has 0 aliphatic heterocycles. The van der Waals surface area contributed by atoms with Crippen LogP contribution in [0.15, 0.2) is 36.4 Å². The number of ether oxygens (including phenoxy) is 1. The van der Waals surface area contributed by atoms with E-state index in [1.54, 1.807) is 24.3 Å². The summed E-state index contributed by atoms with van der Waals surface area (Å²) in [6.45, 7) is 0. The van der Waals surface area contributed by atoms with E-state index >= 15 is 0 Å². The molecule has 0 heterocycles. The Balaban J connectivity index is 2.02. The minimum atomic E-state index is -0.398. The molecule has 0 N–H and O–H groups in total.